The highest BCUT2D eigenvalue weighted by Gasteiger charge is 2.12. The molecule has 0 unspecified atom stereocenters. The van der Waals surface area contributed by atoms with Gasteiger partial charge in [0.1, 0.15) is 18.2 Å². The van der Waals surface area contributed by atoms with Crippen molar-refractivity contribution in [3.05, 3.63) is 78.6 Å². The molecule has 0 aliphatic carbocycles. The number of nitrogens with one attached hydrogen (secondary N) is 1. The van der Waals surface area contributed by atoms with Gasteiger partial charge in [-0.15, -0.1) is 6.58 Å². The third-order valence-corrected chi connectivity index (χ3v) is 3.54. The number of amides is 1. The van der Waals surface area contributed by atoms with Gasteiger partial charge < -0.3 is 10.1 Å². The van der Waals surface area contributed by atoms with Crippen molar-refractivity contribution in [3.8, 4) is 5.75 Å². The van der Waals surface area contributed by atoms with E-state index in [1.165, 1.54) is 6.07 Å². The quantitative estimate of drug-likeness (QED) is 0.533. The van der Waals surface area contributed by atoms with Crippen LogP contribution in [0.3, 0.4) is 0 Å². The molecule has 0 bridgehead atoms. The molecule has 4 nitrogen and oxygen atoms in total. The van der Waals surface area contributed by atoms with Crippen LogP contribution in [0.25, 0.3) is 0 Å². The number of para-hydroxylation sites is 1. The first-order chi connectivity index (χ1) is 12.2. The summed E-state index contributed by atoms with van der Waals surface area (Å²) in [6, 6.07) is 16.0. The highest BCUT2D eigenvalue weighted by Crippen LogP contribution is 2.10. The largest absolute Gasteiger partial charge is 0.492 e. The molecule has 0 spiro atoms. The van der Waals surface area contributed by atoms with Gasteiger partial charge >= 0.3 is 0 Å². The van der Waals surface area contributed by atoms with Gasteiger partial charge in [0, 0.05) is 18.7 Å². The van der Waals surface area contributed by atoms with E-state index in [4.69, 9.17) is 4.74 Å². The third kappa shape index (κ3) is 6.77. The monoisotopic (exact) mass is 342 g/mol. The van der Waals surface area contributed by atoms with Crippen molar-refractivity contribution in [2.75, 3.05) is 26.2 Å². The van der Waals surface area contributed by atoms with Gasteiger partial charge in [-0.3, -0.25) is 9.69 Å². The highest BCUT2D eigenvalue weighted by atomic mass is 19.1. The molecule has 0 aliphatic rings. The smallest absolute Gasteiger partial charge is 0.234 e. The van der Waals surface area contributed by atoms with Gasteiger partial charge in [0.05, 0.1) is 13.1 Å². The number of hydrogen-bond acceptors (Lipinski definition) is 3. The molecule has 2 aromatic carbocycles. The Labute approximate surface area is 147 Å². The normalized spacial score (nSPS) is 10.5. The molecular formula is C20H23FN2O2. The summed E-state index contributed by atoms with van der Waals surface area (Å²) in [6.45, 7) is 5.53. The van der Waals surface area contributed by atoms with Crippen LogP contribution in [0, 0.1) is 5.82 Å². The van der Waals surface area contributed by atoms with Gasteiger partial charge in [-0.1, -0.05) is 42.5 Å². The fourth-order valence-electron chi connectivity index (χ4n) is 2.37. The average molecular weight is 342 g/mol. The molecule has 2 aromatic rings. The summed E-state index contributed by atoms with van der Waals surface area (Å²) in [4.78, 5) is 13.9. The number of hydrogen-bond donors (Lipinski definition) is 1. The predicted octanol–water partition coefficient (Wildman–Crippen LogP) is 3.01. The lowest BCUT2D eigenvalue weighted by Gasteiger charge is -2.20. The zero-order valence-electron chi connectivity index (χ0n) is 14.2. The van der Waals surface area contributed by atoms with Crippen LogP contribution in [0.5, 0.6) is 5.75 Å². The van der Waals surface area contributed by atoms with Gasteiger partial charge in [-0.25, -0.2) is 4.39 Å². The number of ether oxygens (including phenoxy) is 1. The van der Waals surface area contributed by atoms with E-state index in [2.05, 4.69) is 11.9 Å². The van der Waals surface area contributed by atoms with E-state index >= 15 is 0 Å². The first-order valence-corrected chi connectivity index (χ1v) is 8.20. The fourth-order valence-corrected chi connectivity index (χ4v) is 2.37. The summed E-state index contributed by atoms with van der Waals surface area (Å²) < 4.78 is 19.3. The summed E-state index contributed by atoms with van der Waals surface area (Å²) in [5.74, 6) is 0.368. The van der Waals surface area contributed by atoms with Crippen LogP contribution in [0.2, 0.25) is 0 Å². The molecule has 0 radical (unpaired) electrons. The molecule has 132 valence electrons. The lowest BCUT2D eigenvalue weighted by Crippen LogP contribution is -2.38. The van der Waals surface area contributed by atoms with Gasteiger partial charge in [0.15, 0.2) is 0 Å². The second kappa shape index (κ2) is 10.3. The molecule has 25 heavy (non-hydrogen) atoms. The SMILES string of the molecule is C=CCN(CC(=O)NCCOc1ccccc1)Cc1ccccc1F. The van der Waals surface area contributed by atoms with Crippen LogP contribution < -0.4 is 10.1 Å². The minimum absolute atomic E-state index is 0.130. The van der Waals surface area contributed by atoms with E-state index in [9.17, 15) is 9.18 Å². The van der Waals surface area contributed by atoms with E-state index < -0.39 is 0 Å². The van der Waals surface area contributed by atoms with E-state index in [-0.39, 0.29) is 18.3 Å². The molecule has 0 saturated carbocycles. The van der Waals surface area contributed by atoms with Crippen LogP contribution in [0.1, 0.15) is 5.56 Å². The Morgan fingerprint density at radius 1 is 1.16 bits per heavy atom. The van der Waals surface area contributed by atoms with Crippen molar-refractivity contribution >= 4 is 5.91 Å². The first-order valence-electron chi connectivity index (χ1n) is 8.20. The number of halogens is 1. The van der Waals surface area contributed by atoms with Gasteiger partial charge in [-0.05, 0) is 18.2 Å². The van der Waals surface area contributed by atoms with E-state index in [1.54, 1.807) is 24.3 Å². The van der Waals surface area contributed by atoms with E-state index in [0.29, 0.717) is 31.8 Å². The average Bonchev–Trinajstić information content (AvgIpc) is 2.62. The molecule has 0 aromatic heterocycles. The van der Waals surface area contributed by atoms with Crippen LogP contribution in [0.4, 0.5) is 4.39 Å². The molecule has 5 heteroatoms. The summed E-state index contributed by atoms with van der Waals surface area (Å²) in [6.07, 6.45) is 1.70. The summed E-state index contributed by atoms with van der Waals surface area (Å²) in [7, 11) is 0. The number of rotatable bonds is 10. The van der Waals surface area contributed by atoms with Crippen molar-refractivity contribution in [2.45, 2.75) is 6.54 Å². The topological polar surface area (TPSA) is 41.6 Å². The van der Waals surface area contributed by atoms with E-state index in [1.807, 2.05) is 35.2 Å². The Hall–Kier alpha value is -2.66. The maximum atomic E-state index is 13.8. The molecule has 1 amide bonds. The fraction of sp³-hybridized carbons (Fsp3) is 0.250. The number of carbonyl (C=O) groups excluding carboxylic acids is 1. The number of benzene rings is 2. The van der Waals surface area contributed by atoms with Gasteiger partial charge in [0.2, 0.25) is 5.91 Å². The van der Waals surface area contributed by atoms with Crippen LogP contribution >= 0.6 is 0 Å². The Kier molecular flexibility index (Phi) is 7.66. The van der Waals surface area contributed by atoms with Crippen LogP contribution in [-0.2, 0) is 11.3 Å². The maximum Gasteiger partial charge on any atom is 0.234 e. The van der Waals surface area contributed by atoms with Crippen molar-refractivity contribution in [1.29, 1.82) is 0 Å². The number of nitrogens with zero attached hydrogens (tertiary/aromatic N) is 1. The van der Waals surface area contributed by atoms with Crippen molar-refractivity contribution in [1.82, 2.24) is 10.2 Å². The van der Waals surface area contributed by atoms with Crippen LogP contribution in [-0.4, -0.2) is 37.0 Å². The second-order valence-electron chi connectivity index (χ2n) is 5.56. The number of carbonyl (C=O) groups is 1. The summed E-state index contributed by atoms with van der Waals surface area (Å²) in [5, 5.41) is 2.81. The third-order valence-electron chi connectivity index (χ3n) is 3.54. The molecule has 0 heterocycles. The highest BCUT2D eigenvalue weighted by molar-refractivity contribution is 5.78. The zero-order valence-corrected chi connectivity index (χ0v) is 14.2. The molecule has 0 saturated heterocycles. The predicted molar refractivity (Wildman–Crippen MR) is 96.8 cm³/mol. The lowest BCUT2D eigenvalue weighted by molar-refractivity contribution is -0.122. The second-order valence-corrected chi connectivity index (χ2v) is 5.56. The van der Waals surface area contributed by atoms with Crippen molar-refractivity contribution in [2.24, 2.45) is 0 Å². The lowest BCUT2D eigenvalue weighted by atomic mass is 10.2. The molecule has 0 fully saturated rings. The Bertz CT molecular complexity index is 676. The standard InChI is InChI=1S/C20H23FN2O2/c1-2-13-23(15-17-8-6-7-11-19(17)21)16-20(24)22-12-14-25-18-9-4-3-5-10-18/h2-11H,1,12-16H2,(H,22,24). The minimum atomic E-state index is -0.270. The molecule has 1 N–H and O–H groups in total. The van der Waals surface area contributed by atoms with Crippen molar-refractivity contribution in [3.63, 3.8) is 0 Å². The molecule has 2 rings (SSSR count). The Balaban J connectivity index is 1.75. The Morgan fingerprint density at radius 3 is 2.60 bits per heavy atom. The van der Waals surface area contributed by atoms with Gasteiger partial charge in [0.25, 0.3) is 0 Å². The van der Waals surface area contributed by atoms with Crippen molar-refractivity contribution < 1.29 is 13.9 Å². The van der Waals surface area contributed by atoms with E-state index in [0.717, 1.165) is 5.75 Å². The Morgan fingerprint density at radius 2 is 1.88 bits per heavy atom. The molecule has 0 atom stereocenters. The molecule has 0 aliphatic heterocycles. The molecular weight excluding hydrogens is 319 g/mol. The van der Waals surface area contributed by atoms with Crippen LogP contribution in [0.15, 0.2) is 67.3 Å². The zero-order chi connectivity index (χ0) is 17.9. The minimum Gasteiger partial charge on any atom is -0.492 e. The summed E-state index contributed by atoms with van der Waals surface area (Å²) >= 11 is 0. The maximum absolute atomic E-state index is 13.8. The first kappa shape index (κ1) is 18.7. The summed E-state index contributed by atoms with van der Waals surface area (Å²) in [5.41, 5.74) is 0.560. The van der Waals surface area contributed by atoms with Gasteiger partial charge in [-0.2, -0.15) is 0 Å².